The first-order valence-corrected chi connectivity index (χ1v) is 6.36. The van der Waals surface area contributed by atoms with E-state index >= 15 is 0 Å². The maximum Gasteiger partial charge on any atom is 0.144 e. The molecule has 0 aliphatic carbocycles. The summed E-state index contributed by atoms with van der Waals surface area (Å²) in [5.41, 5.74) is 9.34. The maximum absolute atomic E-state index is 13.5. The van der Waals surface area contributed by atoms with Crippen molar-refractivity contribution >= 4 is 23.0 Å². The van der Waals surface area contributed by atoms with E-state index in [1.807, 2.05) is 31.0 Å². The van der Waals surface area contributed by atoms with Gasteiger partial charge in [0.25, 0.3) is 0 Å². The average molecular weight is 279 g/mol. The van der Waals surface area contributed by atoms with Gasteiger partial charge in [-0.25, -0.2) is 4.39 Å². The van der Waals surface area contributed by atoms with E-state index in [9.17, 15) is 4.39 Å². The third-order valence-corrected chi connectivity index (χ3v) is 3.31. The number of nitrogen functional groups attached to an aromatic ring is 1. The zero-order chi connectivity index (χ0) is 14.0. The van der Waals surface area contributed by atoms with Crippen LogP contribution in [-0.4, -0.2) is 7.05 Å². The fourth-order valence-electron chi connectivity index (χ4n) is 1.93. The Balaban J connectivity index is 2.22. The highest BCUT2D eigenvalue weighted by atomic mass is 35.5. The van der Waals surface area contributed by atoms with Crippen LogP contribution in [0.5, 0.6) is 0 Å². The van der Waals surface area contributed by atoms with Gasteiger partial charge in [0.15, 0.2) is 0 Å². The second kappa shape index (κ2) is 5.49. The van der Waals surface area contributed by atoms with Crippen LogP contribution < -0.4 is 10.6 Å². The van der Waals surface area contributed by atoms with Gasteiger partial charge < -0.3 is 10.6 Å². The Morgan fingerprint density at radius 1 is 1.21 bits per heavy atom. The lowest BCUT2D eigenvalue weighted by atomic mass is 10.1. The molecule has 0 aliphatic rings. The van der Waals surface area contributed by atoms with Gasteiger partial charge >= 0.3 is 0 Å². The quantitative estimate of drug-likeness (QED) is 0.860. The molecule has 0 saturated heterocycles. The van der Waals surface area contributed by atoms with E-state index in [0.29, 0.717) is 17.9 Å². The van der Waals surface area contributed by atoms with Gasteiger partial charge in [0.2, 0.25) is 0 Å². The summed E-state index contributed by atoms with van der Waals surface area (Å²) in [5, 5.41) is 0.0463. The van der Waals surface area contributed by atoms with E-state index in [4.69, 9.17) is 17.3 Å². The van der Waals surface area contributed by atoms with Gasteiger partial charge in [-0.2, -0.15) is 0 Å². The molecule has 2 aromatic rings. The number of hydrogen-bond acceptors (Lipinski definition) is 2. The van der Waals surface area contributed by atoms with Crippen molar-refractivity contribution in [2.45, 2.75) is 13.5 Å². The molecule has 2 nitrogen and oxygen atoms in total. The summed E-state index contributed by atoms with van der Waals surface area (Å²) < 4.78 is 13.5. The van der Waals surface area contributed by atoms with E-state index in [1.165, 1.54) is 17.7 Å². The number of aryl methyl sites for hydroxylation is 1. The van der Waals surface area contributed by atoms with Crippen molar-refractivity contribution in [2.24, 2.45) is 0 Å². The second-order valence-corrected chi connectivity index (χ2v) is 5.07. The third-order valence-electron chi connectivity index (χ3n) is 3.02. The van der Waals surface area contributed by atoms with Crippen molar-refractivity contribution in [3.8, 4) is 0 Å². The molecule has 0 fully saturated rings. The Kier molecular flexibility index (Phi) is 3.96. The monoisotopic (exact) mass is 278 g/mol. The van der Waals surface area contributed by atoms with Gasteiger partial charge in [-0.3, -0.25) is 0 Å². The van der Waals surface area contributed by atoms with Crippen molar-refractivity contribution in [2.75, 3.05) is 17.7 Å². The lowest BCUT2D eigenvalue weighted by molar-refractivity contribution is 0.628. The number of anilines is 2. The smallest absolute Gasteiger partial charge is 0.144 e. The van der Waals surface area contributed by atoms with Crippen LogP contribution in [0.2, 0.25) is 5.02 Å². The predicted molar refractivity (Wildman–Crippen MR) is 79.1 cm³/mol. The molecular weight excluding hydrogens is 263 g/mol. The van der Waals surface area contributed by atoms with Crippen molar-refractivity contribution < 1.29 is 4.39 Å². The molecule has 2 N–H and O–H groups in total. The zero-order valence-electron chi connectivity index (χ0n) is 11.0. The average Bonchev–Trinajstić information content (AvgIpc) is 2.36. The van der Waals surface area contributed by atoms with E-state index in [0.717, 1.165) is 5.56 Å². The molecule has 2 rings (SSSR count). The van der Waals surface area contributed by atoms with Crippen LogP contribution in [0.4, 0.5) is 15.8 Å². The number of hydrogen-bond donors (Lipinski definition) is 1. The largest absolute Gasteiger partial charge is 0.397 e. The van der Waals surface area contributed by atoms with Crippen molar-refractivity contribution in [3.05, 3.63) is 58.4 Å². The first-order valence-electron chi connectivity index (χ1n) is 5.98. The summed E-state index contributed by atoms with van der Waals surface area (Å²) in [5.74, 6) is -0.457. The van der Waals surface area contributed by atoms with Crippen LogP contribution in [0, 0.1) is 12.7 Å². The Morgan fingerprint density at radius 3 is 2.47 bits per heavy atom. The summed E-state index contributed by atoms with van der Waals surface area (Å²) in [4.78, 5) is 1.90. The summed E-state index contributed by atoms with van der Waals surface area (Å²) in [6.07, 6.45) is 0. The molecule has 0 saturated carbocycles. The highest BCUT2D eigenvalue weighted by Gasteiger charge is 2.10. The summed E-state index contributed by atoms with van der Waals surface area (Å²) in [6, 6.07) is 11.0. The normalized spacial score (nSPS) is 10.5. The van der Waals surface area contributed by atoms with Gasteiger partial charge in [-0.1, -0.05) is 41.4 Å². The molecule has 0 spiro atoms. The summed E-state index contributed by atoms with van der Waals surface area (Å²) in [7, 11) is 1.87. The lowest BCUT2D eigenvalue weighted by Crippen LogP contribution is -2.18. The number of halogens is 2. The van der Waals surface area contributed by atoms with Crippen LogP contribution in [0.15, 0.2) is 36.4 Å². The van der Waals surface area contributed by atoms with Crippen LogP contribution in [0.1, 0.15) is 11.1 Å². The standard InChI is InChI=1S/C15H16ClFN2/c1-10-3-5-11(6-4-10)9-19(2)15-8-13(17)12(16)7-14(15)18/h3-8H,9,18H2,1-2H3. The highest BCUT2D eigenvalue weighted by Crippen LogP contribution is 2.29. The van der Waals surface area contributed by atoms with Crippen LogP contribution in [0.25, 0.3) is 0 Å². The molecule has 0 aliphatic heterocycles. The Bertz CT molecular complexity index is 581. The number of rotatable bonds is 3. The van der Waals surface area contributed by atoms with Crippen molar-refractivity contribution in [3.63, 3.8) is 0 Å². The topological polar surface area (TPSA) is 29.3 Å². The molecule has 0 unspecified atom stereocenters. The van der Waals surface area contributed by atoms with Gasteiger partial charge in [0.05, 0.1) is 16.4 Å². The molecule has 0 heterocycles. The van der Waals surface area contributed by atoms with E-state index in [2.05, 4.69) is 12.1 Å². The molecule has 0 amide bonds. The van der Waals surface area contributed by atoms with Crippen molar-refractivity contribution in [1.29, 1.82) is 0 Å². The van der Waals surface area contributed by atoms with E-state index in [-0.39, 0.29) is 5.02 Å². The molecule has 19 heavy (non-hydrogen) atoms. The number of benzene rings is 2. The molecular formula is C15H16ClFN2. The minimum atomic E-state index is -0.457. The Morgan fingerprint density at radius 2 is 1.84 bits per heavy atom. The summed E-state index contributed by atoms with van der Waals surface area (Å²) >= 11 is 5.69. The SMILES string of the molecule is Cc1ccc(CN(C)c2cc(F)c(Cl)cc2N)cc1. The first-order chi connectivity index (χ1) is 8.97. The van der Waals surface area contributed by atoms with Gasteiger partial charge in [-0.05, 0) is 18.6 Å². The molecule has 0 radical (unpaired) electrons. The molecule has 0 bridgehead atoms. The summed E-state index contributed by atoms with van der Waals surface area (Å²) in [6.45, 7) is 2.70. The number of nitrogens with two attached hydrogens (primary N) is 1. The lowest BCUT2D eigenvalue weighted by Gasteiger charge is -2.21. The molecule has 100 valence electrons. The first kappa shape index (κ1) is 13.7. The zero-order valence-corrected chi connectivity index (χ0v) is 11.7. The predicted octanol–water partition coefficient (Wildman–Crippen LogP) is 4.01. The van der Waals surface area contributed by atoms with Crippen LogP contribution in [0.3, 0.4) is 0 Å². The van der Waals surface area contributed by atoms with E-state index in [1.54, 1.807) is 0 Å². The molecule has 2 aromatic carbocycles. The van der Waals surface area contributed by atoms with Gasteiger partial charge in [0, 0.05) is 19.7 Å². The van der Waals surface area contributed by atoms with Gasteiger partial charge in [-0.15, -0.1) is 0 Å². The van der Waals surface area contributed by atoms with Crippen molar-refractivity contribution in [1.82, 2.24) is 0 Å². The highest BCUT2D eigenvalue weighted by molar-refractivity contribution is 6.31. The fraction of sp³-hybridized carbons (Fsp3) is 0.200. The van der Waals surface area contributed by atoms with Gasteiger partial charge in [0.1, 0.15) is 5.82 Å². The maximum atomic E-state index is 13.5. The number of nitrogens with zero attached hydrogens (tertiary/aromatic N) is 1. The minimum absolute atomic E-state index is 0.0463. The molecule has 0 atom stereocenters. The third kappa shape index (κ3) is 3.18. The second-order valence-electron chi connectivity index (χ2n) is 4.67. The van der Waals surface area contributed by atoms with Crippen LogP contribution in [-0.2, 0) is 6.54 Å². The molecule has 4 heteroatoms. The minimum Gasteiger partial charge on any atom is -0.397 e. The van der Waals surface area contributed by atoms with Crippen LogP contribution >= 0.6 is 11.6 Å². The molecule has 0 aromatic heterocycles. The Labute approximate surface area is 117 Å². The fourth-order valence-corrected chi connectivity index (χ4v) is 2.11. The Hall–Kier alpha value is -1.74. The van der Waals surface area contributed by atoms with E-state index < -0.39 is 5.82 Å².